The molecule has 0 aromatic carbocycles. The summed E-state index contributed by atoms with van der Waals surface area (Å²) in [7, 11) is 1.34. The van der Waals surface area contributed by atoms with Gasteiger partial charge in [-0.1, -0.05) is 13.8 Å². The van der Waals surface area contributed by atoms with Crippen LogP contribution in [-0.4, -0.2) is 49.7 Å². The molecule has 0 bridgehead atoms. The number of likely N-dealkylation sites (tertiary alicyclic amines) is 1. The van der Waals surface area contributed by atoms with E-state index in [1.54, 1.807) is 0 Å². The first-order valence-corrected chi connectivity index (χ1v) is 7.28. The second kappa shape index (κ2) is 8.09. The van der Waals surface area contributed by atoms with Gasteiger partial charge in [-0.2, -0.15) is 0 Å². The fourth-order valence-electron chi connectivity index (χ4n) is 2.64. The van der Waals surface area contributed by atoms with Crippen molar-refractivity contribution in [2.45, 2.75) is 39.2 Å². The molecule has 0 radical (unpaired) electrons. The van der Waals surface area contributed by atoms with Crippen molar-refractivity contribution in [1.29, 1.82) is 0 Å². The van der Waals surface area contributed by atoms with E-state index in [-0.39, 0.29) is 17.9 Å². The van der Waals surface area contributed by atoms with E-state index in [0.29, 0.717) is 32.0 Å². The number of nitrogens with two attached hydrogens (primary N) is 1. The van der Waals surface area contributed by atoms with E-state index in [4.69, 9.17) is 5.73 Å². The predicted molar refractivity (Wildman–Crippen MR) is 77.1 cm³/mol. The molecule has 0 aromatic heterocycles. The van der Waals surface area contributed by atoms with Gasteiger partial charge in [-0.15, -0.1) is 0 Å². The third-order valence-electron chi connectivity index (χ3n) is 3.65. The van der Waals surface area contributed by atoms with Crippen molar-refractivity contribution in [3.63, 3.8) is 0 Å². The van der Waals surface area contributed by atoms with Crippen LogP contribution in [0, 0.1) is 11.8 Å². The van der Waals surface area contributed by atoms with Crippen LogP contribution in [0.1, 0.15) is 33.1 Å². The molecule has 1 rings (SSSR count). The Morgan fingerprint density at radius 1 is 1.45 bits per heavy atom. The number of nitrogens with one attached hydrogen (secondary N) is 1. The molecule has 6 nitrogen and oxygen atoms in total. The van der Waals surface area contributed by atoms with Gasteiger partial charge in [0, 0.05) is 19.5 Å². The first-order valence-electron chi connectivity index (χ1n) is 7.28. The highest BCUT2D eigenvalue weighted by Gasteiger charge is 2.28. The van der Waals surface area contributed by atoms with E-state index in [0.717, 1.165) is 12.8 Å². The summed E-state index contributed by atoms with van der Waals surface area (Å²) in [5, 5.41) is 2.73. The summed E-state index contributed by atoms with van der Waals surface area (Å²) >= 11 is 0. The number of hydrogen-bond donors (Lipinski definition) is 2. The molecule has 0 aliphatic carbocycles. The van der Waals surface area contributed by atoms with Gasteiger partial charge in [-0.25, -0.2) is 4.79 Å². The molecule has 2 amide bonds. The van der Waals surface area contributed by atoms with Crippen molar-refractivity contribution in [3.8, 4) is 0 Å². The number of alkyl carbamates (subject to hydrolysis) is 1. The van der Waals surface area contributed by atoms with Gasteiger partial charge in [0.1, 0.15) is 0 Å². The highest BCUT2D eigenvalue weighted by Crippen LogP contribution is 2.18. The Bertz CT molecular complexity index is 334. The van der Waals surface area contributed by atoms with Gasteiger partial charge in [0.2, 0.25) is 5.91 Å². The maximum atomic E-state index is 12.2. The van der Waals surface area contributed by atoms with Gasteiger partial charge in [0.25, 0.3) is 0 Å². The number of rotatable bonds is 6. The molecule has 0 aromatic rings. The Hall–Kier alpha value is -1.30. The van der Waals surface area contributed by atoms with Crippen LogP contribution in [0.3, 0.4) is 0 Å². The predicted octanol–water partition coefficient (Wildman–Crippen LogP) is 0.954. The third-order valence-corrected chi connectivity index (χ3v) is 3.65. The molecule has 0 saturated carbocycles. The van der Waals surface area contributed by atoms with Crippen LogP contribution in [0.15, 0.2) is 0 Å². The van der Waals surface area contributed by atoms with Gasteiger partial charge in [-0.3, -0.25) is 4.79 Å². The van der Waals surface area contributed by atoms with E-state index >= 15 is 0 Å². The fourth-order valence-corrected chi connectivity index (χ4v) is 2.64. The Morgan fingerprint density at radius 3 is 2.70 bits per heavy atom. The minimum absolute atomic E-state index is 0.00664. The minimum Gasteiger partial charge on any atom is -0.453 e. The number of nitrogens with zero attached hydrogens (tertiary/aromatic N) is 1. The van der Waals surface area contributed by atoms with Crippen molar-refractivity contribution < 1.29 is 14.3 Å². The van der Waals surface area contributed by atoms with Crippen LogP contribution in [0.2, 0.25) is 0 Å². The van der Waals surface area contributed by atoms with Crippen molar-refractivity contribution in [3.05, 3.63) is 0 Å². The summed E-state index contributed by atoms with van der Waals surface area (Å²) in [5.41, 5.74) is 5.73. The summed E-state index contributed by atoms with van der Waals surface area (Å²) in [6.45, 7) is 6.07. The maximum absolute atomic E-state index is 12.2. The number of hydrogen-bond acceptors (Lipinski definition) is 4. The molecule has 116 valence electrons. The Kier molecular flexibility index (Phi) is 6.78. The van der Waals surface area contributed by atoms with Crippen LogP contribution in [0.25, 0.3) is 0 Å². The van der Waals surface area contributed by atoms with Gasteiger partial charge in [0.05, 0.1) is 13.2 Å². The number of methoxy groups -OCH3 is 1. The highest BCUT2D eigenvalue weighted by molar-refractivity contribution is 5.77. The lowest BCUT2D eigenvalue weighted by atomic mass is 9.94. The molecule has 3 N–H and O–H groups in total. The molecule has 2 atom stereocenters. The van der Waals surface area contributed by atoms with Crippen molar-refractivity contribution in [2.24, 2.45) is 17.6 Å². The molecule has 0 spiro atoms. The summed E-state index contributed by atoms with van der Waals surface area (Å²) in [6, 6.07) is -0.00664. The molecule has 1 saturated heterocycles. The highest BCUT2D eigenvalue weighted by atomic mass is 16.5. The largest absolute Gasteiger partial charge is 0.453 e. The van der Waals surface area contributed by atoms with Crippen LogP contribution in [-0.2, 0) is 9.53 Å². The average molecular weight is 285 g/mol. The number of ether oxygens (including phenoxy) is 1. The van der Waals surface area contributed by atoms with Gasteiger partial charge < -0.3 is 20.7 Å². The Balaban J connectivity index is 2.39. The molecule has 1 heterocycles. The number of carbonyl (C=O) groups is 2. The fraction of sp³-hybridized carbons (Fsp3) is 0.857. The van der Waals surface area contributed by atoms with Crippen molar-refractivity contribution in [2.75, 3.05) is 26.7 Å². The zero-order valence-corrected chi connectivity index (χ0v) is 12.7. The number of amides is 2. The SMILES string of the molecule is COC(=O)NC1CCN(C(=O)C[C@@H](CN)CC(C)C)C1. The van der Waals surface area contributed by atoms with E-state index in [2.05, 4.69) is 23.9 Å². The summed E-state index contributed by atoms with van der Waals surface area (Å²) in [5.74, 6) is 0.925. The van der Waals surface area contributed by atoms with E-state index in [1.807, 2.05) is 4.90 Å². The number of carbonyl (C=O) groups excluding carboxylic acids is 2. The maximum Gasteiger partial charge on any atom is 0.407 e. The lowest BCUT2D eigenvalue weighted by molar-refractivity contribution is -0.131. The Morgan fingerprint density at radius 2 is 2.15 bits per heavy atom. The molecule has 1 aliphatic rings. The van der Waals surface area contributed by atoms with E-state index in [1.165, 1.54) is 7.11 Å². The molecule has 1 fully saturated rings. The zero-order chi connectivity index (χ0) is 15.1. The zero-order valence-electron chi connectivity index (χ0n) is 12.7. The van der Waals surface area contributed by atoms with E-state index in [9.17, 15) is 9.59 Å². The normalized spacial score (nSPS) is 20.1. The standard InChI is InChI=1S/C14H27N3O3/c1-10(2)6-11(8-15)7-13(18)17-5-4-12(9-17)16-14(19)20-3/h10-12H,4-9,15H2,1-3H3,(H,16,19)/t11-,12?/m0/s1. The van der Waals surface area contributed by atoms with Crippen molar-refractivity contribution in [1.82, 2.24) is 10.2 Å². The third kappa shape index (κ3) is 5.36. The van der Waals surface area contributed by atoms with Gasteiger partial charge >= 0.3 is 6.09 Å². The molecule has 20 heavy (non-hydrogen) atoms. The van der Waals surface area contributed by atoms with Crippen LogP contribution < -0.4 is 11.1 Å². The second-order valence-corrected chi connectivity index (χ2v) is 5.90. The van der Waals surface area contributed by atoms with Crippen molar-refractivity contribution >= 4 is 12.0 Å². The van der Waals surface area contributed by atoms with Crippen LogP contribution in [0.5, 0.6) is 0 Å². The first kappa shape index (κ1) is 16.8. The average Bonchev–Trinajstić information content (AvgIpc) is 2.85. The van der Waals surface area contributed by atoms with Gasteiger partial charge in [0.15, 0.2) is 0 Å². The summed E-state index contributed by atoms with van der Waals surface area (Å²) in [6.07, 6.45) is 1.81. The van der Waals surface area contributed by atoms with Crippen LogP contribution in [0.4, 0.5) is 4.79 Å². The van der Waals surface area contributed by atoms with Gasteiger partial charge in [-0.05, 0) is 31.2 Å². The summed E-state index contributed by atoms with van der Waals surface area (Å²) < 4.78 is 4.56. The van der Waals surface area contributed by atoms with E-state index < -0.39 is 6.09 Å². The molecule has 1 unspecified atom stereocenters. The molecular weight excluding hydrogens is 258 g/mol. The molecular formula is C14H27N3O3. The minimum atomic E-state index is -0.441. The lowest BCUT2D eigenvalue weighted by Crippen LogP contribution is -2.39. The topological polar surface area (TPSA) is 84.7 Å². The lowest BCUT2D eigenvalue weighted by Gasteiger charge is -2.21. The monoisotopic (exact) mass is 285 g/mol. The molecule has 6 heteroatoms. The summed E-state index contributed by atoms with van der Waals surface area (Å²) in [4.78, 5) is 25.2. The molecule has 1 aliphatic heterocycles. The smallest absolute Gasteiger partial charge is 0.407 e. The Labute approximate surface area is 121 Å². The quantitative estimate of drug-likeness (QED) is 0.761. The first-order chi connectivity index (χ1) is 9.46. The second-order valence-electron chi connectivity index (χ2n) is 5.90. The van der Waals surface area contributed by atoms with Crippen LogP contribution >= 0.6 is 0 Å².